The van der Waals surface area contributed by atoms with Crippen molar-refractivity contribution in [2.24, 2.45) is 5.73 Å². The summed E-state index contributed by atoms with van der Waals surface area (Å²) < 4.78 is 5.34. The molecule has 1 aliphatic rings. The molecule has 4 nitrogen and oxygen atoms in total. The maximum absolute atomic E-state index is 10.8. The first-order chi connectivity index (χ1) is 9.04. The fourth-order valence-electron chi connectivity index (χ4n) is 2.64. The molecule has 104 valence electrons. The van der Waals surface area contributed by atoms with Crippen molar-refractivity contribution in [3.05, 3.63) is 27.8 Å². The summed E-state index contributed by atoms with van der Waals surface area (Å²) in [5, 5.41) is 9.46. The van der Waals surface area contributed by atoms with Crippen LogP contribution in [-0.4, -0.2) is 18.2 Å². The number of hydrogen-bond donors (Lipinski definition) is 2. The van der Waals surface area contributed by atoms with Gasteiger partial charge >= 0.3 is 5.97 Å². The van der Waals surface area contributed by atoms with Gasteiger partial charge in [-0.15, -0.1) is 0 Å². The Morgan fingerprint density at radius 1 is 1.53 bits per heavy atom. The highest BCUT2D eigenvalue weighted by Crippen LogP contribution is 2.40. The lowest BCUT2D eigenvalue weighted by Gasteiger charge is -2.23. The fraction of sp³-hybridized carbons (Fsp3) is 0.500. The summed E-state index contributed by atoms with van der Waals surface area (Å²) in [6, 6.07) is 1.37. The first kappa shape index (κ1) is 14.2. The molecule has 0 aromatic heterocycles. The average Bonchev–Trinajstić information content (AvgIpc) is 2.38. The highest BCUT2D eigenvalue weighted by atomic mass is 35.5. The summed E-state index contributed by atoms with van der Waals surface area (Å²) in [6.07, 6.45) is 4.02. The third kappa shape index (κ3) is 2.85. The molecule has 0 radical (unpaired) electrons. The zero-order chi connectivity index (χ0) is 14.0. The van der Waals surface area contributed by atoms with Crippen LogP contribution < -0.4 is 10.5 Å². The summed E-state index contributed by atoms with van der Waals surface area (Å²) in [7, 11) is 1.54. The fourth-order valence-corrected chi connectivity index (χ4v) is 3.04. The van der Waals surface area contributed by atoms with E-state index in [9.17, 15) is 4.79 Å². The number of halogens is 1. The van der Waals surface area contributed by atoms with E-state index in [4.69, 9.17) is 27.2 Å². The van der Waals surface area contributed by atoms with Crippen LogP contribution in [-0.2, 0) is 17.6 Å². The topological polar surface area (TPSA) is 72.5 Å². The van der Waals surface area contributed by atoms with Crippen LogP contribution in [0.15, 0.2) is 6.07 Å². The molecule has 1 aromatic carbocycles. The molecule has 0 fully saturated rings. The molecule has 0 bridgehead atoms. The Morgan fingerprint density at radius 3 is 2.84 bits per heavy atom. The summed E-state index contributed by atoms with van der Waals surface area (Å²) in [4.78, 5) is 10.8. The minimum absolute atomic E-state index is 0.133. The predicted molar refractivity (Wildman–Crippen MR) is 73.8 cm³/mol. The van der Waals surface area contributed by atoms with Crippen LogP contribution in [0.1, 0.15) is 42.0 Å². The Kier molecular flexibility index (Phi) is 4.32. The van der Waals surface area contributed by atoms with E-state index >= 15 is 0 Å². The number of carbonyl (C=O) groups is 1. The van der Waals surface area contributed by atoms with Crippen molar-refractivity contribution in [2.45, 2.75) is 38.1 Å². The first-order valence-electron chi connectivity index (χ1n) is 6.40. The van der Waals surface area contributed by atoms with Gasteiger partial charge in [-0.05, 0) is 36.8 Å². The molecule has 0 saturated carbocycles. The Hall–Kier alpha value is -1.26. The lowest BCUT2D eigenvalue weighted by Crippen LogP contribution is -2.17. The minimum Gasteiger partial charge on any atom is -0.495 e. The number of rotatable bonds is 4. The van der Waals surface area contributed by atoms with Crippen LogP contribution in [0.5, 0.6) is 5.75 Å². The van der Waals surface area contributed by atoms with Gasteiger partial charge in [0.25, 0.3) is 0 Å². The average molecular weight is 284 g/mol. The van der Waals surface area contributed by atoms with Crippen molar-refractivity contribution in [1.82, 2.24) is 0 Å². The Bertz CT molecular complexity index is 502. The normalized spacial score (nSPS) is 15.7. The number of fused-ring (bicyclic) bond motifs is 1. The van der Waals surface area contributed by atoms with Crippen LogP contribution in [0.3, 0.4) is 0 Å². The molecule has 1 aliphatic carbocycles. The summed E-state index contributed by atoms with van der Waals surface area (Å²) >= 11 is 6.38. The van der Waals surface area contributed by atoms with Crippen molar-refractivity contribution in [3.63, 3.8) is 0 Å². The van der Waals surface area contributed by atoms with Crippen LogP contribution in [0.25, 0.3) is 0 Å². The molecule has 3 N–H and O–H groups in total. The third-order valence-electron chi connectivity index (χ3n) is 3.56. The summed E-state index contributed by atoms with van der Waals surface area (Å²) in [6.45, 7) is 0. The number of benzene rings is 1. The highest BCUT2D eigenvalue weighted by Gasteiger charge is 2.23. The van der Waals surface area contributed by atoms with Gasteiger partial charge in [-0.2, -0.15) is 0 Å². The van der Waals surface area contributed by atoms with Crippen molar-refractivity contribution in [2.75, 3.05) is 7.11 Å². The van der Waals surface area contributed by atoms with Gasteiger partial charge in [-0.1, -0.05) is 17.7 Å². The van der Waals surface area contributed by atoms with E-state index in [0.29, 0.717) is 16.3 Å². The molecule has 0 spiro atoms. The molecule has 1 aromatic rings. The Balaban J connectivity index is 2.47. The molecule has 5 heteroatoms. The van der Waals surface area contributed by atoms with Gasteiger partial charge in [0.2, 0.25) is 0 Å². The third-order valence-corrected chi connectivity index (χ3v) is 3.96. The summed E-state index contributed by atoms with van der Waals surface area (Å²) in [5.41, 5.74) is 8.94. The van der Waals surface area contributed by atoms with E-state index in [1.54, 1.807) is 0 Å². The van der Waals surface area contributed by atoms with Crippen molar-refractivity contribution < 1.29 is 14.6 Å². The molecule has 2 rings (SSSR count). The van der Waals surface area contributed by atoms with Crippen molar-refractivity contribution >= 4 is 17.6 Å². The number of carboxylic acid groups (broad SMARTS) is 1. The van der Waals surface area contributed by atoms with Gasteiger partial charge in [0.05, 0.1) is 18.6 Å². The molecular formula is C14H18ClNO3. The maximum atomic E-state index is 10.8. The zero-order valence-corrected chi connectivity index (χ0v) is 11.7. The number of nitrogens with two attached hydrogens (primary N) is 1. The van der Waals surface area contributed by atoms with Crippen LogP contribution >= 0.6 is 11.6 Å². The first-order valence-corrected chi connectivity index (χ1v) is 6.78. The molecule has 0 saturated heterocycles. The molecular weight excluding hydrogens is 266 g/mol. The lowest BCUT2D eigenvalue weighted by atomic mass is 9.88. The number of methoxy groups -OCH3 is 1. The molecule has 1 unspecified atom stereocenters. The van der Waals surface area contributed by atoms with E-state index in [0.717, 1.165) is 31.2 Å². The molecule has 0 aliphatic heterocycles. The lowest BCUT2D eigenvalue weighted by molar-refractivity contribution is -0.137. The number of hydrogen-bond acceptors (Lipinski definition) is 3. The predicted octanol–water partition coefficient (Wildman–Crippen LogP) is 2.70. The van der Waals surface area contributed by atoms with Gasteiger partial charge in [-0.25, -0.2) is 0 Å². The molecule has 19 heavy (non-hydrogen) atoms. The minimum atomic E-state index is -0.927. The number of aliphatic carboxylic acids is 1. The maximum Gasteiger partial charge on any atom is 0.305 e. The monoisotopic (exact) mass is 283 g/mol. The number of ether oxygens (including phenoxy) is 1. The summed E-state index contributed by atoms with van der Waals surface area (Å²) in [5.74, 6) is -0.403. The van der Waals surface area contributed by atoms with Gasteiger partial charge in [0.1, 0.15) is 5.75 Å². The molecule has 0 amide bonds. The van der Waals surface area contributed by atoms with E-state index in [1.807, 2.05) is 6.07 Å². The highest BCUT2D eigenvalue weighted by molar-refractivity contribution is 6.33. The SMILES string of the molecule is COc1c(C(N)CC(=O)O)cc2c(c1Cl)CCCC2. The number of carboxylic acids is 1. The molecule has 1 atom stereocenters. The Morgan fingerprint density at radius 2 is 2.21 bits per heavy atom. The van der Waals surface area contributed by atoms with Gasteiger partial charge in [0.15, 0.2) is 0 Å². The van der Waals surface area contributed by atoms with Crippen LogP contribution in [0.4, 0.5) is 0 Å². The van der Waals surface area contributed by atoms with Gasteiger partial charge < -0.3 is 15.6 Å². The van der Waals surface area contributed by atoms with E-state index in [1.165, 1.54) is 12.7 Å². The number of aryl methyl sites for hydroxylation is 1. The van der Waals surface area contributed by atoms with Crippen LogP contribution in [0.2, 0.25) is 5.02 Å². The second-order valence-corrected chi connectivity index (χ2v) is 5.24. The smallest absolute Gasteiger partial charge is 0.305 e. The standard InChI is InChI=1S/C14H18ClNO3/c1-19-14-10(11(16)7-12(17)18)6-8-4-2-3-5-9(8)13(14)15/h6,11H,2-5,7,16H2,1H3,(H,17,18). The second-order valence-electron chi connectivity index (χ2n) is 4.86. The van der Waals surface area contributed by atoms with E-state index in [-0.39, 0.29) is 6.42 Å². The Labute approximate surface area is 117 Å². The second kappa shape index (κ2) is 5.80. The van der Waals surface area contributed by atoms with Crippen molar-refractivity contribution in [1.29, 1.82) is 0 Å². The van der Waals surface area contributed by atoms with Gasteiger partial charge in [-0.3, -0.25) is 4.79 Å². The largest absolute Gasteiger partial charge is 0.495 e. The van der Waals surface area contributed by atoms with E-state index in [2.05, 4.69) is 0 Å². The van der Waals surface area contributed by atoms with E-state index < -0.39 is 12.0 Å². The van der Waals surface area contributed by atoms with Gasteiger partial charge in [0, 0.05) is 11.6 Å². The van der Waals surface area contributed by atoms with Crippen LogP contribution in [0, 0.1) is 0 Å². The zero-order valence-electron chi connectivity index (χ0n) is 10.9. The quantitative estimate of drug-likeness (QED) is 0.891. The van der Waals surface area contributed by atoms with Crippen molar-refractivity contribution in [3.8, 4) is 5.75 Å². The molecule has 0 heterocycles.